The number of anilines is 3. The molecule has 49 heavy (non-hydrogen) atoms. The van der Waals surface area contributed by atoms with Crippen LogP contribution in [0.2, 0.25) is 0 Å². The lowest BCUT2D eigenvalue weighted by Crippen LogP contribution is -2.62. The number of hydrogen-bond donors (Lipinski definition) is 2. The average Bonchev–Trinajstić information content (AvgIpc) is 2.93. The summed E-state index contributed by atoms with van der Waals surface area (Å²) in [6, 6.07) is 2.23. The molecule has 1 saturated heterocycles. The van der Waals surface area contributed by atoms with E-state index in [0.717, 1.165) is 15.5 Å². The minimum Gasteiger partial charge on any atom is -0.465 e. The van der Waals surface area contributed by atoms with E-state index in [2.05, 4.69) is 15.3 Å². The summed E-state index contributed by atoms with van der Waals surface area (Å²) in [6.07, 6.45) is 2.22. The van der Waals surface area contributed by atoms with Gasteiger partial charge in [-0.15, -0.1) is 0 Å². The molecule has 16 heteroatoms. The van der Waals surface area contributed by atoms with E-state index in [1.807, 2.05) is 0 Å². The second-order valence-corrected chi connectivity index (χ2v) is 16.2. The predicted molar refractivity (Wildman–Crippen MR) is 182 cm³/mol. The van der Waals surface area contributed by atoms with E-state index < -0.39 is 51.4 Å². The number of nitrogens with one attached hydrogen (secondary N) is 1. The average molecular weight is 701 g/mol. The van der Waals surface area contributed by atoms with Crippen LogP contribution in [0.15, 0.2) is 24.5 Å². The molecule has 5 rings (SSSR count). The highest BCUT2D eigenvalue weighted by Crippen LogP contribution is 2.41. The van der Waals surface area contributed by atoms with Crippen LogP contribution in [0.3, 0.4) is 0 Å². The number of hydrogen-bond acceptors (Lipinski definition) is 9. The van der Waals surface area contributed by atoms with Crippen molar-refractivity contribution in [2.45, 2.75) is 78.6 Å². The van der Waals surface area contributed by atoms with Crippen molar-refractivity contribution < 1.29 is 41.8 Å². The first-order chi connectivity index (χ1) is 22.6. The lowest BCUT2D eigenvalue weighted by atomic mass is 9.94. The quantitative estimate of drug-likeness (QED) is 0.326. The van der Waals surface area contributed by atoms with Gasteiger partial charge in [-0.2, -0.15) is 4.31 Å². The zero-order valence-electron chi connectivity index (χ0n) is 28.7. The lowest BCUT2D eigenvalue weighted by molar-refractivity contribution is 0.0575. The summed E-state index contributed by atoms with van der Waals surface area (Å²) in [5.41, 5.74) is 0.159. The number of carboxylic acid groups (broad SMARTS) is 1. The van der Waals surface area contributed by atoms with Crippen LogP contribution in [0, 0.1) is 12.7 Å². The van der Waals surface area contributed by atoms with Crippen LogP contribution >= 0.6 is 0 Å². The SMILES string of the molecule is Cc1c(-c2cc3cc(N(C(=O)O)C4CN(S(C)(=O)=O)C4)ncc3c(NC(=O)OC(C)(C)C)c2F)cnc2c1N(C(=O)OC(C)(C)C)CCC2. The van der Waals surface area contributed by atoms with Crippen molar-refractivity contribution in [3.8, 4) is 11.1 Å². The minimum atomic E-state index is -3.51. The van der Waals surface area contributed by atoms with E-state index in [0.29, 0.717) is 47.3 Å². The Morgan fingerprint density at radius 3 is 2.27 bits per heavy atom. The lowest BCUT2D eigenvalue weighted by Gasteiger charge is -2.42. The molecule has 0 unspecified atom stereocenters. The maximum absolute atomic E-state index is 16.7. The summed E-state index contributed by atoms with van der Waals surface area (Å²) in [4.78, 5) is 50.0. The molecule has 1 aromatic carbocycles. The number of pyridine rings is 2. The molecule has 0 bridgehead atoms. The molecule has 2 aliphatic rings. The third kappa shape index (κ3) is 7.54. The second kappa shape index (κ2) is 12.7. The molecular weight excluding hydrogens is 659 g/mol. The standard InChI is InChI=1S/C33H41FN6O8S/c1-18-22(14-35-24-10-9-11-39(28(18)24)31(44)48-33(5,6)7)21-12-19-13-25(40(30(42)43)20-16-38(17-20)49(8,45)46)36-15-23(19)27(26(21)34)37-29(41)47-32(2,3)4/h12-15,20H,9-11,16-17H2,1-8H3,(H,37,41)(H,42,43). The summed E-state index contributed by atoms with van der Waals surface area (Å²) in [7, 11) is -3.51. The first-order valence-electron chi connectivity index (χ1n) is 15.7. The molecule has 0 atom stereocenters. The Hall–Kier alpha value is -4.57. The summed E-state index contributed by atoms with van der Waals surface area (Å²) in [6.45, 7) is 12.3. The number of sulfonamides is 1. The number of aryl methyl sites for hydroxylation is 1. The first-order valence-corrected chi connectivity index (χ1v) is 17.6. The van der Waals surface area contributed by atoms with Crippen LogP contribution in [0.25, 0.3) is 21.9 Å². The van der Waals surface area contributed by atoms with E-state index >= 15 is 4.39 Å². The van der Waals surface area contributed by atoms with Crippen molar-refractivity contribution in [1.82, 2.24) is 14.3 Å². The van der Waals surface area contributed by atoms with Crippen molar-refractivity contribution in [2.75, 3.05) is 41.0 Å². The van der Waals surface area contributed by atoms with Gasteiger partial charge in [0.15, 0.2) is 5.82 Å². The van der Waals surface area contributed by atoms with Gasteiger partial charge in [0.1, 0.15) is 17.0 Å². The zero-order chi connectivity index (χ0) is 36.2. The highest BCUT2D eigenvalue weighted by molar-refractivity contribution is 7.88. The Labute approximate surface area is 284 Å². The van der Waals surface area contributed by atoms with Gasteiger partial charge in [-0.1, -0.05) is 0 Å². The molecule has 0 radical (unpaired) electrons. The Morgan fingerprint density at radius 1 is 1.02 bits per heavy atom. The van der Waals surface area contributed by atoms with Crippen molar-refractivity contribution in [2.24, 2.45) is 0 Å². The molecule has 3 aromatic rings. The highest BCUT2D eigenvalue weighted by Gasteiger charge is 2.40. The normalized spacial score (nSPS) is 15.7. The number of amides is 3. The summed E-state index contributed by atoms with van der Waals surface area (Å²) < 4.78 is 52.8. The molecule has 1 fully saturated rings. The predicted octanol–water partition coefficient (Wildman–Crippen LogP) is 5.91. The molecule has 2 N–H and O–H groups in total. The number of rotatable bonds is 5. The van der Waals surface area contributed by atoms with E-state index in [-0.39, 0.29) is 35.5 Å². The highest BCUT2D eigenvalue weighted by atomic mass is 32.2. The Balaban J connectivity index is 1.66. The van der Waals surface area contributed by atoms with Gasteiger partial charge in [0.25, 0.3) is 0 Å². The Morgan fingerprint density at radius 2 is 1.67 bits per heavy atom. The van der Waals surface area contributed by atoms with Crippen LogP contribution < -0.4 is 15.1 Å². The molecule has 264 valence electrons. The first kappa shape index (κ1) is 35.7. The smallest absolute Gasteiger partial charge is 0.414 e. The maximum atomic E-state index is 16.7. The second-order valence-electron chi connectivity index (χ2n) is 14.2. The monoisotopic (exact) mass is 700 g/mol. The van der Waals surface area contributed by atoms with Crippen molar-refractivity contribution in [1.29, 1.82) is 0 Å². The van der Waals surface area contributed by atoms with Crippen LogP contribution in [0.5, 0.6) is 0 Å². The number of halogens is 1. The number of benzene rings is 1. The summed E-state index contributed by atoms with van der Waals surface area (Å²) >= 11 is 0. The number of carbonyl (C=O) groups is 3. The minimum absolute atomic E-state index is 0.0182. The summed E-state index contributed by atoms with van der Waals surface area (Å²) in [5.74, 6) is -0.842. The topological polar surface area (TPSA) is 172 Å². The molecule has 2 aliphatic heterocycles. The number of fused-ring (bicyclic) bond motifs is 2. The fourth-order valence-corrected chi connectivity index (χ4v) is 6.77. The fraction of sp³-hybridized carbons (Fsp3) is 0.485. The Kier molecular flexibility index (Phi) is 9.27. The number of aromatic nitrogens is 2. The van der Waals surface area contributed by atoms with E-state index in [4.69, 9.17) is 9.47 Å². The molecular formula is C33H41FN6O8S. The molecule has 3 amide bonds. The van der Waals surface area contributed by atoms with Gasteiger partial charge < -0.3 is 14.6 Å². The van der Waals surface area contributed by atoms with Gasteiger partial charge in [0, 0.05) is 48.5 Å². The number of ether oxygens (including phenoxy) is 2. The van der Waals surface area contributed by atoms with Gasteiger partial charge in [0.2, 0.25) is 10.0 Å². The third-order valence-corrected chi connectivity index (χ3v) is 9.28. The fourth-order valence-electron chi connectivity index (χ4n) is 5.88. The van der Waals surface area contributed by atoms with Gasteiger partial charge in [-0.3, -0.25) is 20.1 Å². The van der Waals surface area contributed by atoms with Crippen molar-refractivity contribution >= 4 is 56.3 Å². The van der Waals surface area contributed by atoms with Gasteiger partial charge >= 0.3 is 18.3 Å². The largest absolute Gasteiger partial charge is 0.465 e. The molecule has 4 heterocycles. The third-order valence-electron chi connectivity index (χ3n) is 8.04. The van der Waals surface area contributed by atoms with Gasteiger partial charge in [-0.05, 0) is 84.4 Å². The van der Waals surface area contributed by atoms with E-state index in [1.54, 1.807) is 48.5 Å². The van der Waals surface area contributed by atoms with Crippen LogP contribution in [-0.4, -0.2) is 89.2 Å². The molecule has 0 aliphatic carbocycles. The van der Waals surface area contributed by atoms with Gasteiger partial charge in [0.05, 0.1) is 29.4 Å². The van der Waals surface area contributed by atoms with E-state index in [9.17, 15) is 27.9 Å². The van der Waals surface area contributed by atoms with Crippen LogP contribution in [-0.2, 0) is 25.9 Å². The molecule has 0 spiro atoms. The maximum Gasteiger partial charge on any atom is 0.414 e. The zero-order valence-corrected chi connectivity index (χ0v) is 29.6. The van der Waals surface area contributed by atoms with E-state index in [1.165, 1.54) is 29.4 Å². The molecule has 14 nitrogen and oxygen atoms in total. The van der Waals surface area contributed by atoms with Crippen LogP contribution in [0.4, 0.5) is 36.0 Å². The molecule has 0 saturated carbocycles. The number of nitrogens with zero attached hydrogens (tertiary/aromatic N) is 5. The summed E-state index contributed by atoms with van der Waals surface area (Å²) in [5, 5.41) is 13.1. The van der Waals surface area contributed by atoms with Crippen molar-refractivity contribution in [3.05, 3.63) is 41.6 Å². The Bertz CT molecular complexity index is 1950. The number of carbonyl (C=O) groups excluding carboxylic acids is 2. The molecule has 2 aromatic heterocycles. The van der Waals surface area contributed by atoms with Crippen LogP contribution in [0.1, 0.15) is 59.2 Å². The van der Waals surface area contributed by atoms with Gasteiger partial charge in [-0.25, -0.2) is 32.2 Å². The van der Waals surface area contributed by atoms with Crippen molar-refractivity contribution in [3.63, 3.8) is 0 Å².